The summed E-state index contributed by atoms with van der Waals surface area (Å²) in [5.74, 6) is -0.783. The third-order valence-corrected chi connectivity index (χ3v) is 3.51. The molecule has 8 nitrogen and oxygen atoms in total. The topological polar surface area (TPSA) is 125 Å². The molecule has 0 aliphatic rings. The molecule has 0 aromatic heterocycles. The summed E-state index contributed by atoms with van der Waals surface area (Å²) in [7, 11) is 0. The zero-order chi connectivity index (χ0) is 19.8. The van der Waals surface area contributed by atoms with E-state index >= 15 is 0 Å². The van der Waals surface area contributed by atoms with Crippen molar-refractivity contribution in [1.29, 1.82) is 0 Å². The molecule has 3 N–H and O–H groups in total. The summed E-state index contributed by atoms with van der Waals surface area (Å²) in [6.07, 6.45) is 3.46. The number of nitro benzene ring substituents is 1. The second kappa shape index (κ2) is 9.14. The highest BCUT2D eigenvalue weighted by molar-refractivity contribution is 6.02. The summed E-state index contributed by atoms with van der Waals surface area (Å²) in [4.78, 5) is 33.7. The van der Waals surface area contributed by atoms with Crippen LogP contribution in [0.25, 0.3) is 6.08 Å². The van der Waals surface area contributed by atoms with Gasteiger partial charge in [0.25, 0.3) is 0 Å². The third-order valence-electron chi connectivity index (χ3n) is 3.51. The number of amides is 2. The highest BCUT2D eigenvalue weighted by Crippen LogP contribution is 2.28. The van der Waals surface area contributed by atoms with E-state index in [0.29, 0.717) is 23.4 Å². The second-order valence-electron chi connectivity index (χ2n) is 5.60. The van der Waals surface area contributed by atoms with Crippen LogP contribution in [0.4, 0.5) is 11.4 Å². The van der Waals surface area contributed by atoms with Gasteiger partial charge in [-0.1, -0.05) is 13.0 Å². The van der Waals surface area contributed by atoms with Crippen molar-refractivity contribution in [3.8, 4) is 5.75 Å². The van der Waals surface area contributed by atoms with Gasteiger partial charge in [-0.15, -0.1) is 0 Å². The Morgan fingerprint density at radius 3 is 2.52 bits per heavy atom. The first-order chi connectivity index (χ1) is 12.9. The fraction of sp³-hybridized carbons (Fsp3) is 0.158. The molecule has 27 heavy (non-hydrogen) atoms. The van der Waals surface area contributed by atoms with E-state index in [0.717, 1.165) is 6.42 Å². The first-order valence-corrected chi connectivity index (χ1v) is 8.21. The molecule has 0 atom stereocenters. The van der Waals surface area contributed by atoms with Crippen molar-refractivity contribution in [2.24, 2.45) is 5.73 Å². The lowest BCUT2D eigenvalue weighted by molar-refractivity contribution is -0.385. The minimum Gasteiger partial charge on any atom is -0.487 e. The molecule has 0 saturated heterocycles. The van der Waals surface area contributed by atoms with Crippen LogP contribution in [-0.2, 0) is 4.79 Å². The Bertz CT molecular complexity index is 875. The van der Waals surface area contributed by atoms with Crippen molar-refractivity contribution in [3.05, 3.63) is 69.8 Å². The first-order valence-electron chi connectivity index (χ1n) is 8.21. The van der Waals surface area contributed by atoms with Crippen molar-refractivity contribution in [3.63, 3.8) is 0 Å². The fourth-order valence-corrected chi connectivity index (χ4v) is 2.19. The van der Waals surface area contributed by atoms with Gasteiger partial charge < -0.3 is 15.8 Å². The number of primary amides is 1. The molecule has 0 unspecified atom stereocenters. The van der Waals surface area contributed by atoms with Crippen LogP contribution in [-0.4, -0.2) is 23.3 Å². The van der Waals surface area contributed by atoms with Crippen LogP contribution in [0, 0.1) is 10.1 Å². The van der Waals surface area contributed by atoms with Crippen LogP contribution in [0.5, 0.6) is 5.75 Å². The lowest BCUT2D eigenvalue weighted by Gasteiger charge is -2.06. The summed E-state index contributed by atoms with van der Waals surface area (Å²) >= 11 is 0. The van der Waals surface area contributed by atoms with Crippen LogP contribution in [0.1, 0.15) is 29.3 Å². The van der Waals surface area contributed by atoms with Crippen molar-refractivity contribution in [2.75, 3.05) is 11.9 Å². The molecular weight excluding hydrogens is 350 g/mol. The maximum atomic E-state index is 12.0. The zero-order valence-electron chi connectivity index (χ0n) is 14.7. The number of carbonyl (C=O) groups is 2. The van der Waals surface area contributed by atoms with E-state index in [1.54, 1.807) is 18.2 Å². The number of nitrogens with one attached hydrogen (secondary N) is 1. The molecule has 2 amide bonds. The number of carbonyl (C=O) groups excluding carboxylic acids is 2. The molecule has 0 spiro atoms. The number of hydrogen-bond donors (Lipinski definition) is 2. The fourth-order valence-electron chi connectivity index (χ4n) is 2.19. The smallest absolute Gasteiger partial charge is 0.311 e. The summed E-state index contributed by atoms with van der Waals surface area (Å²) in [6.45, 7) is 2.29. The first kappa shape index (κ1) is 19.6. The summed E-state index contributed by atoms with van der Waals surface area (Å²) < 4.78 is 5.36. The quantitative estimate of drug-likeness (QED) is 0.420. The maximum absolute atomic E-state index is 12.0. The number of nitrogens with zero attached hydrogens (tertiary/aromatic N) is 1. The van der Waals surface area contributed by atoms with Gasteiger partial charge in [0, 0.05) is 23.4 Å². The van der Waals surface area contributed by atoms with Crippen molar-refractivity contribution in [2.45, 2.75) is 13.3 Å². The Balaban J connectivity index is 2.07. The van der Waals surface area contributed by atoms with E-state index in [1.165, 1.54) is 36.4 Å². The molecule has 0 saturated carbocycles. The average Bonchev–Trinajstić information content (AvgIpc) is 2.65. The molecule has 8 heteroatoms. The van der Waals surface area contributed by atoms with Gasteiger partial charge in [0.15, 0.2) is 5.75 Å². The van der Waals surface area contributed by atoms with E-state index in [-0.39, 0.29) is 11.4 Å². The summed E-state index contributed by atoms with van der Waals surface area (Å²) in [6, 6.07) is 10.6. The maximum Gasteiger partial charge on any atom is 0.311 e. The zero-order valence-corrected chi connectivity index (χ0v) is 14.7. The van der Waals surface area contributed by atoms with Gasteiger partial charge in [0.1, 0.15) is 0 Å². The van der Waals surface area contributed by atoms with Crippen LogP contribution >= 0.6 is 0 Å². The Hall–Kier alpha value is -3.68. The number of benzene rings is 2. The van der Waals surface area contributed by atoms with Gasteiger partial charge in [-0.2, -0.15) is 0 Å². The van der Waals surface area contributed by atoms with Crippen LogP contribution in [0.3, 0.4) is 0 Å². The van der Waals surface area contributed by atoms with E-state index in [2.05, 4.69) is 5.32 Å². The molecule has 0 heterocycles. The van der Waals surface area contributed by atoms with Gasteiger partial charge >= 0.3 is 5.69 Å². The Labute approximate surface area is 155 Å². The molecular formula is C19H19N3O5. The lowest BCUT2D eigenvalue weighted by atomic mass is 10.1. The van der Waals surface area contributed by atoms with E-state index in [4.69, 9.17) is 10.5 Å². The number of ether oxygens (including phenoxy) is 1. The lowest BCUT2D eigenvalue weighted by Crippen LogP contribution is -2.11. The largest absolute Gasteiger partial charge is 0.487 e. The Morgan fingerprint density at radius 1 is 1.22 bits per heavy atom. The monoisotopic (exact) mass is 369 g/mol. The highest BCUT2D eigenvalue weighted by atomic mass is 16.6. The minimum absolute atomic E-state index is 0.159. The summed E-state index contributed by atoms with van der Waals surface area (Å²) in [5, 5.41) is 13.8. The molecule has 0 fully saturated rings. The molecule has 0 aliphatic carbocycles. The molecule has 0 radical (unpaired) electrons. The molecule has 140 valence electrons. The van der Waals surface area contributed by atoms with Crippen LogP contribution in [0.15, 0.2) is 48.5 Å². The van der Waals surface area contributed by atoms with E-state index in [9.17, 15) is 19.7 Å². The Morgan fingerprint density at radius 2 is 1.93 bits per heavy atom. The molecule has 2 rings (SSSR count). The van der Waals surface area contributed by atoms with Crippen molar-refractivity contribution < 1.29 is 19.2 Å². The number of nitro groups is 1. The number of anilines is 1. The van der Waals surface area contributed by atoms with Crippen molar-refractivity contribution >= 4 is 29.3 Å². The molecule has 2 aromatic carbocycles. The van der Waals surface area contributed by atoms with Gasteiger partial charge in [-0.25, -0.2) is 0 Å². The Kier molecular flexibility index (Phi) is 6.65. The van der Waals surface area contributed by atoms with Gasteiger partial charge in [0.2, 0.25) is 11.8 Å². The molecule has 0 aliphatic heterocycles. The van der Waals surface area contributed by atoms with Gasteiger partial charge in [-0.05, 0) is 48.4 Å². The number of hydrogen-bond acceptors (Lipinski definition) is 5. The average molecular weight is 369 g/mol. The highest BCUT2D eigenvalue weighted by Gasteiger charge is 2.15. The summed E-state index contributed by atoms with van der Waals surface area (Å²) in [5.41, 5.74) is 6.31. The normalized spacial score (nSPS) is 10.6. The van der Waals surface area contributed by atoms with Crippen molar-refractivity contribution in [1.82, 2.24) is 0 Å². The SMILES string of the molecule is CCCOc1ccc(/C=C/C(=O)Nc2ccc(C(N)=O)cc2)cc1[N+](=O)[O-]. The van der Waals surface area contributed by atoms with E-state index in [1.807, 2.05) is 6.92 Å². The standard InChI is InChI=1S/C19H19N3O5/c1-2-11-27-17-9-3-13(12-16(17)22(25)26)4-10-18(23)21-15-7-5-14(6-8-15)19(20)24/h3-10,12H,2,11H2,1H3,(H2,20,24)(H,21,23)/b10-4+. The third kappa shape index (κ3) is 5.67. The predicted molar refractivity (Wildman–Crippen MR) is 102 cm³/mol. The molecule has 2 aromatic rings. The van der Waals surface area contributed by atoms with E-state index < -0.39 is 16.7 Å². The molecule has 0 bridgehead atoms. The minimum atomic E-state index is -0.555. The second-order valence-corrected chi connectivity index (χ2v) is 5.60. The predicted octanol–water partition coefficient (Wildman–Crippen LogP) is 3.13. The number of nitrogens with two attached hydrogens (primary N) is 1. The van der Waals surface area contributed by atoms with Gasteiger partial charge in [-0.3, -0.25) is 19.7 Å². The van der Waals surface area contributed by atoms with Gasteiger partial charge in [0.05, 0.1) is 11.5 Å². The van der Waals surface area contributed by atoms with Crippen LogP contribution in [0.2, 0.25) is 0 Å². The van der Waals surface area contributed by atoms with Crippen LogP contribution < -0.4 is 15.8 Å². The number of rotatable bonds is 8.